The second-order valence-electron chi connectivity index (χ2n) is 5.58. The molecule has 2 aromatic rings. The second-order valence-corrected chi connectivity index (χ2v) is 7.27. The molecule has 0 saturated carbocycles. The van der Waals surface area contributed by atoms with E-state index in [1.807, 2.05) is 26.0 Å². The molecule has 0 fully saturated rings. The number of carbonyl (C=O) groups excluding carboxylic acids is 1. The van der Waals surface area contributed by atoms with E-state index in [0.717, 1.165) is 12.0 Å². The van der Waals surface area contributed by atoms with Crippen LogP contribution in [0.15, 0.2) is 47.4 Å². The Labute approximate surface area is 159 Å². The molecule has 8 heteroatoms. The van der Waals surface area contributed by atoms with Crippen LogP contribution in [0, 0.1) is 0 Å². The van der Waals surface area contributed by atoms with Gasteiger partial charge in [0.15, 0.2) is 11.5 Å². The number of hydrogen-bond acceptors (Lipinski definition) is 5. The summed E-state index contributed by atoms with van der Waals surface area (Å²) >= 11 is 0. The Morgan fingerprint density at radius 3 is 2.15 bits per heavy atom. The molecule has 2 N–H and O–H groups in total. The average Bonchev–Trinajstić information content (AvgIpc) is 2.68. The van der Waals surface area contributed by atoms with Crippen LogP contribution in [0.3, 0.4) is 0 Å². The van der Waals surface area contributed by atoms with Gasteiger partial charge in [0.1, 0.15) is 0 Å². The van der Waals surface area contributed by atoms with Gasteiger partial charge in [-0.3, -0.25) is 10.2 Å². The summed E-state index contributed by atoms with van der Waals surface area (Å²) in [6.07, 6.45) is 0.856. The quantitative estimate of drug-likeness (QED) is 0.640. The molecule has 0 saturated heterocycles. The number of rotatable bonds is 9. The smallest absolute Gasteiger partial charge is 0.266 e. The predicted molar refractivity (Wildman–Crippen MR) is 102 cm³/mol. The lowest BCUT2D eigenvalue weighted by molar-refractivity contribution is 0.0945. The largest absolute Gasteiger partial charge is 0.490 e. The minimum absolute atomic E-state index is 0.0453. The predicted octanol–water partition coefficient (Wildman–Crippen LogP) is 2.67. The molecule has 0 aromatic heterocycles. The Morgan fingerprint density at radius 1 is 0.926 bits per heavy atom. The fraction of sp³-hybridized carbons (Fsp3) is 0.316. The van der Waals surface area contributed by atoms with E-state index < -0.39 is 15.9 Å². The van der Waals surface area contributed by atoms with E-state index in [-0.39, 0.29) is 4.90 Å². The Kier molecular flexibility index (Phi) is 7.20. The highest BCUT2D eigenvalue weighted by Gasteiger charge is 2.18. The summed E-state index contributed by atoms with van der Waals surface area (Å²) in [6, 6.07) is 11.2. The lowest BCUT2D eigenvalue weighted by Gasteiger charge is -2.13. The van der Waals surface area contributed by atoms with Crippen molar-refractivity contribution in [1.82, 2.24) is 10.3 Å². The van der Waals surface area contributed by atoms with Crippen molar-refractivity contribution in [3.63, 3.8) is 0 Å². The molecule has 146 valence electrons. The van der Waals surface area contributed by atoms with Gasteiger partial charge in [0.25, 0.3) is 15.9 Å². The second kappa shape index (κ2) is 9.38. The van der Waals surface area contributed by atoms with Crippen molar-refractivity contribution in [2.45, 2.75) is 32.1 Å². The Balaban J connectivity index is 2.13. The number of carbonyl (C=O) groups is 1. The van der Waals surface area contributed by atoms with Crippen LogP contribution in [-0.4, -0.2) is 27.5 Å². The van der Waals surface area contributed by atoms with Crippen molar-refractivity contribution in [3.05, 3.63) is 53.6 Å². The molecule has 7 nitrogen and oxygen atoms in total. The summed E-state index contributed by atoms with van der Waals surface area (Å²) in [5.74, 6) is 0.235. The fourth-order valence-corrected chi connectivity index (χ4v) is 3.19. The first-order valence-electron chi connectivity index (χ1n) is 8.72. The number of ether oxygens (including phenoxy) is 2. The van der Waals surface area contributed by atoms with Gasteiger partial charge in [-0.1, -0.05) is 19.1 Å². The zero-order chi connectivity index (χ0) is 19.9. The van der Waals surface area contributed by atoms with Gasteiger partial charge in [-0.2, -0.15) is 0 Å². The summed E-state index contributed by atoms with van der Waals surface area (Å²) in [5.41, 5.74) is 3.66. The molecule has 2 rings (SSSR count). The summed E-state index contributed by atoms with van der Waals surface area (Å²) in [5, 5.41) is 0. The molecule has 2 aromatic carbocycles. The maximum atomic E-state index is 12.5. The maximum Gasteiger partial charge on any atom is 0.266 e. The maximum absolute atomic E-state index is 12.5. The number of hydrazine groups is 1. The van der Waals surface area contributed by atoms with Crippen molar-refractivity contribution < 1.29 is 22.7 Å². The monoisotopic (exact) mass is 392 g/mol. The molecule has 0 radical (unpaired) electrons. The highest BCUT2D eigenvalue weighted by atomic mass is 32.2. The minimum atomic E-state index is -3.97. The number of benzene rings is 2. The Hall–Kier alpha value is -2.58. The van der Waals surface area contributed by atoms with Crippen molar-refractivity contribution in [3.8, 4) is 11.5 Å². The summed E-state index contributed by atoms with van der Waals surface area (Å²) in [7, 11) is -3.97. The van der Waals surface area contributed by atoms with E-state index >= 15 is 0 Å². The van der Waals surface area contributed by atoms with E-state index in [1.165, 1.54) is 18.2 Å². The van der Waals surface area contributed by atoms with Gasteiger partial charge in [0, 0.05) is 11.6 Å². The van der Waals surface area contributed by atoms with Gasteiger partial charge in [0.05, 0.1) is 18.1 Å². The molecule has 0 unspecified atom stereocenters. The van der Waals surface area contributed by atoms with Crippen molar-refractivity contribution in [2.24, 2.45) is 0 Å². The van der Waals surface area contributed by atoms with E-state index in [9.17, 15) is 13.2 Å². The molecule has 0 heterocycles. The first-order chi connectivity index (χ1) is 12.9. The standard InChI is InChI=1S/C19H24N2O5S/c1-4-14-7-9-15(10-8-14)19(22)20-21-27(23,24)16-11-12-17(25-5-2)18(13-16)26-6-3/h7-13,21H,4-6H2,1-3H3,(H,20,22). The van der Waals surface area contributed by atoms with Crippen LogP contribution < -0.4 is 19.7 Å². The van der Waals surface area contributed by atoms with E-state index in [0.29, 0.717) is 30.3 Å². The Bertz CT molecular complexity index is 879. The third-order valence-electron chi connectivity index (χ3n) is 3.75. The highest BCUT2D eigenvalue weighted by Crippen LogP contribution is 2.30. The molecule has 27 heavy (non-hydrogen) atoms. The van der Waals surface area contributed by atoms with Crippen LogP contribution in [-0.2, 0) is 16.4 Å². The molecular formula is C19H24N2O5S. The van der Waals surface area contributed by atoms with Gasteiger partial charge in [-0.05, 0) is 50.1 Å². The van der Waals surface area contributed by atoms with Crippen LogP contribution in [0.25, 0.3) is 0 Å². The van der Waals surface area contributed by atoms with Crippen LogP contribution in [0.5, 0.6) is 11.5 Å². The minimum Gasteiger partial charge on any atom is -0.490 e. The van der Waals surface area contributed by atoms with E-state index in [2.05, 4.69) is 10.3 Å². The van der Waals surface area contributed by atoms with E-state index in [1.54, 1.807) is 19.1 Å². The van der Waals surface area contributed by atoms with Gasteiger partial charge in [-0.15, -0.1) is 4.83 Å². The summed E-state index contributed by atoms with van der Waals surface area (Å²) in [4.78, 5) is 14.2. The molecular weight excluding hydrogens is 368 g/mol. The highest BCUT2D eigenvalue weighted by molar-refractivity contribution is 7.89. The van der Waals surface area contributed by atoms with Crippen LogP contribution in [0.4, 0.5) is 0 Å². The third kappa shape index (κ3) is 5.45. The van der Waals surface area contributed by atoms with Crippen LogP contribution >= 0.6 is 0 Å². The molecule has 0 bridgehead atoms. The van der Waals surface area contributed by atoms with E-state index in [4.69, 9.17) is 9.47 Å². The normalized spacial score (nSPS) is 11.1. The summed E-state index contributed by atoms with van der Waals surface area (Å²) in [6.45, 7) is 6.42. The number of nitrogens with one attached hydrogen (secondary N) is 2. The van der Waals surface area contributed by atoms with Crippen molar-refractivity contribution >= 4 is 15.9 Å². The van der Waals surface area contributed by atoms with Gasteiger partial charge < -0.3 is 9.47 Å². The molecule has 0 atom stereocenters. The molecule has 0 aliphatic carbocycles. The average molecular weight is 392 g/mol. The third-order valence-corrected chi connectivity index (χ3v) is 4.99. The number of sulfonamides is 1. The van der Waals surface area contributed by atoms with Gasteiger partial charge in [-0.25, -0.2) is 8.42 Å². The van der Waals surface area contributed by atoms with Crippen LogP contribution in [0.2, 0.25) is 0 Å². The first-order valence-corrected chi connectivity index (χ1v) is 10.2. The molecule has 0 aliphatic rings. The van der Waals surface area contributed by atoms with Crippen molar-refractivity contribution in [2.75, 3.05) is 13.2 Å². The lowest BCUT2D eigenvalue weighted by atomic mass is 10.1. The van der Waals surface area contributed by atoms with Gasteiger partial charge >= 0.3 is 0 Å². The number of amides is 1. The lowest BCUT2D eigenvalue weighted by Crippen LogP contribution is -2.41. The SMILES string of the molecule is CCOc1ccc(S(=O)(=O)NNC(=O)c2ccc(CC)cc2)cc1OCC. The Morgan fingerprint density at radius 2 is 1.56 bits per heavy atom. The van der Waals surface area contributed by atoms with Crippen molar-refractivity contribution in [1.29, 1.82) is 0 Å². The summed E-state index contributed by atoms with van der Waals surface area (Å²) < 4.78 is 35.8. The van der Waals surface area contributed by atoms with Gasteiger partial charge in [0.2, 0.25) is 0 Å². The van der Waals surface area contributed by atoms with Crippen LogP contribution in [0.1, 0.15) is 36.7 Å². The zero-order valence-electron chi connectivity index (χ0n) is 15.6. The number of aryl methyl sites for hydroxylation is 1. The topological polar surface area (TPSA) is 93.7 Å². The molecule has 1 amide bonds. The molecule has 0 aliphatic heterocycles. The zero-order valence-corrected chi connectivity index (χ0v) is 16.4. The number of hydrogen-bond donors (Lipinski definition) is 2. The fourth-order valence-electron chi connectivity index (χ4n) is 2.34. The first kappa shape index (κ1) is 20.7. The molecule has 0 spiro atoms.